The van der Waals surface area contributed by atoms with Gasteiger partial charge in [-0.25, -0.2) is 0 Å². The zero-order chi connectivity index (χ0) is 20.5. The van der Waals surface area contributed by atoms with Crippen LogP contribution in [0.2, 0.25) is 0 Å². The number of amides is 2. The van der Waals surface area contributed by atoms with Gasteiger partial charge in [-0.3, -0.25) is 14.5 Å². The molecule has 2 amide bonds. The summed E-state index contributed by atoms with van der Waals surface area (Å²) in [5, 5.41) is 11.8. The number of para-hydroxylation sites is 1. The predicted molar refractivity (Wildman–Crippen MR) is 111 cm³/mol. The number of benzene rings is 2. The Balaban J connectivity index is 1.97. The molecule has 2 aromatic rings. The molecular weight excluding hydrogens is 352 g/mol. The van der Waals surface area contributed by atoms with Gasteiger partial charge in [-0.05, 0) is 50.2 Å². The van der Waals surface area contributed by atoms with E-state index < -0.39 is 0 Å². The van der Waals surface area contributed by atoms with E-state index >= 15 is 0 Å². The van der Waals surface area contributed by atoms with Gasteiger partial charge in [-0.1, -0.05) is 30.3 Å². The van der Waals surface area contributed by atoms with Crippen LogP contribution in [-0.2, 0) is 9.59 Å². The summed E-state index contributed by atoms with van der Waals surface area (Å²) < 4.78 is 0. The molecule has 0 aliphatic carbocycles. The average molecular weight is 378 g/mol. The summed E-state index contributed by atoms with van der Waals surface area (Å²) in [6, 6.07) is 17.1. The lowest BCUT2D eigenvalue weighted by Crippen LogP contribution is -2.42. The quantitative estimate of drug-likeness (QED) is 0.766. The van der Waals surface area contributed by atoms with Crippen LogP contribution in [-0.4, -0.2) is 43.4 Å². The molecule has 0 spiro atoms. The Bertz CT molecular complexity index is 859. The first-order valence-electron chi connectivity index (χ1n) is 9.19. The fourth-order valence-electron chi connectivity index (χ4n) is 2.86. The summed E-state index contributed by atoms with van der Waals surface area (Å²) in [4.78, 5) is 28.4. The third-order valence-electron chi connectivity index (χ3n) is 4.51. The number of nitriles is 1. The highest BCUT2D eigenvalue weighted by Crippen LogP contribution is 2.18. The van der Waals surface area contributed by atoms with Gasteiger partial charge in [0.1, 0.15) is 0 Å². The highest BCUT2D eigenvalue weighted by atomic mass is 16.2. The van der Waals surface area contributed by atoms with E-state index in [1.54, 1.807) is 16.8 Å². The van der Waals surface area contributed by atoms with E-state index in [9.17, 15) is 9.59 Å². The van der Waals surface area contributed by atoms with Crippen molar-refractivity contribution in [3.8, 4) is 6.07 Å². The van der Waals surface area contributed by atoms with E-state index in [0.717, 1.165) is 22.5 Å². The van der Waals surface area contributed by atoms with E-state index in [-0.39, 0.29) is 31.3 Å². The van der Waals surface area contributed by atoms with Crippen LogP contribution in [0.5, 0.6) is 0 Å². The van der Waals surface area contributed by atoms with Crippen molar-refractivity contribution < 1.29 is 9.59 Å². The number of likely N-dealkylation sites (N-methyl/N-ethyl adjacent to an activating group) is 1. The molecule has 2 aromatic carbocycles. The van der Waals surface area contributed by atoms with Crippen LogP contribution >= 0.6 is 0 Å². The number of nitrogens with one attached hydrogen (secondary N) is 1. The van der Waals surface area contributed by atoms with Gasteiger partial charge in [0.25, 0.3) is 0 Å². The molecule has 146 valence electrons. The third kappa shape index (κ3) is 5.93. The number of aryl methyl sites for hydroxylation is 1. The highest BCUT2D eigenvalue weighted by molar-refractivity contribution is 5.96. The molecule has 0 saturated heterocycles. The van der Waals surface area contributed by atoms with Crippen LogP contribution in [0.25, 0.3) is 0 Å². The van der Waals surface area contributed by atoms with Crippen molar-refractivity contribution >= 4 is 23.2 Å². The number of hydrogen-bond donors (Lipinski definition) is 1. The third-order valence-corrected chi connectivity index (χ3v) is 4.51. The van der Waals surface area contributed by atoms with Crippen molar-refractivity contribution in [1.82, 2.24) is 4.90 Å². The normalized spacial score (nSPS) is 10.4. The number of carbonyl (C=O) groups excluding carboxylic acids is 2. The van der Waals surface area contributed by atoms with Crippen LogP contribution in [0.4, 0.5) is 11.4 Å². The molecule has 0 atom stereocenters. The molecule has 28 heavy (non-hydrogen) atoms. The van der Waals surface area contributed by atoms with Crippen molar-refractivity contribution in [2.45, 2.75) is 20.3 Å². The molecule has 0 aliphatic heterocycles. The van der Waals surface area contributed by atoms with E-state index in [0.29, 0.717) is 6.54 Å². The first-order valence-corrected chi connectivity index (χ1v) is 9.19. The largest absolute Gasteiger partial charge is 0.325 e. The summed E-state index contributed by atoms with van der Waals surface area (Å²) in [6.07, 6.45) is 0.247. The summed E-state index contributed by atoms with van der Waals surface area (Å²) in [5.74, 6) is -0.323. The van der Waals surface area contributed by atoms with E-state index in [2.05, 4.69) is 11.4 Å². The first-order chi connectivity index (χ1) is 13.4. The maximum atomic E-state index is 12.7. The van der Waals surface area contributed by atoms with Gasteiger partial charge >= 0.3 is 0 Å². The second-order valence-corrected chi connectivity index (χ2v) is 6.76. The molecule has 0 unspecified atom stereocenters. The maximum absolute atomic E-state index is 12.7. The fourth-order valence-corrected chi connectivity index (χ4v) is 2.86. The van der Waals surface area contributed by atoms with Crippen LogP contribution < -0.4 is 10.2 Å². The summed E-state index contributed by atoms with van der Waals surface area (Å²) >= 11 is 0. The van der Waals surface area contributed by atoms with E-state index in [1.807, 2.05) is 62.4 Å². The minimum absolute atomic E-state index is 0.0839. The number of anilines is 2. The van der Waals surface area contributed by atoms with Gasteiger partial charge in [-0.15, -0.1) is 0 Å². The van der Waals surface area contributed by atoms with Crippen molar-refractivity contribution in [2.75, 3.05) is 36.9 Å². The second-order valence-electron chi connectivity index (χ2n) is 6.76. The Morgan fingerprint density at radius 2 is 1.75 bits per heavy atom. The molecule has 6 nitrogen and oxygen atoms in total. The maximum Gasteiger partial charge on any atom is 0.241 e. The molecule has 0 aliphatic rings. The molecule has 0 bridgehead atoms. The van der Waals surface area contributed by atoms with Gasteiger partial charge in [0.15, 0.2) is 0 Å². The van der Waals surface area contributed by atoms with Crippen molar-refractivity contribution in [1.29, 1.82) is 5.26 Å². The Hall–Kier alpha value is -3.17. The van der Waals surface area contributed by atoms with Gasteiger partial charge in [0.05, 0.1) is 25.6 Å². The summed E-state index contributed by atoms with van der Waals surface area (Å²) in [7, 11) is 1.73. The van der Waals surface area contributed by atoms with Crippen LogP contribution in [0.15, 0.2) is 48.5 Å². The summed E-state index contributed by atoms with van der Waals surface area (Å²) in [5.41, 5.74) is 3.67. The number of carbonyl (C=O) groups is 2. The Kier molecular flexibility index (Phi) is 7.73. The van der Waals surface area contributed by atoms with Crippen molar-refractivity contribution in [2.24, 2.45) is 0 Å². The zero-order valence-corrected chi connectivity index (χ0v) is 16.6. The SMILES string of the molecule is Cc1cccc(NC(=O)CN(C)CC(=O)N(CCC#N)c2ccccc2)c1C. The van der Waals surface area contributed by atoms with Crippen LogP contribution in [0.1, 0.15) is 17.5 Å². The van der Waals surface area contributed by atoms with Gasteiger partial charge in [0.2, 0.25) is 11.8 Å². The second kappa shape index (κ2) is 10.2. The standard InChI is InChI=1S/C22H26N4O2/c1-17-9-7-12-20(18(17)2)24-21(27)15-25(3)16-22(28)26(14-8-13-23)19-10-5-4-6-11-19/h4-7,9-12H,8,14-16H2,1-3H3,(H,24,27). The van der Waals surface area contributed by atoms with Crippen molar-refractivity contribution in [3.63, 3.8) is 0 Å². The molecule has 0 fully saturated rings. The smallest absolute Gasteiger partial charge is 0.241 e. The molecule has 0 radical (unpaired) electrons. The van der Waals surface area contributed by atoms with Gasteiger partial charge in [-0.2, -0.15) is 5.26 Å². The lowest BCUT2D eigenvalue weighted by atomic mass is 10.1. The topological polar surface area (TPSA) is 76.4 Å². The molecule has 1 N–H and O–H groups in total. The molecule has 6 heteroatoms. The first kappa shape index (κ1) is 21.1. The monoisotopic (exact) mass is 378 g/mol. The molecular formula is C22H26N4O2. The number of hydrogen-bond acceptors (Lipinski definition) is 4. The Morgan fingerprint density at radius 1 is 1.04 bits per heavy atom. The Morgan fingerprint density at radius 3 is 2.43 bits per heavy atom. The highest BCUT2D eigenvalue weighted by Gasteiger charge is 2.18. The average Bonchev–Trinajstić information content (AvgIpc) is 2.66. The fraction of sp³-hybridized carbons (Fsp3) is 0.318. The zero-order valence-electron chi connectivity index (χ0n) is 16.6. The minimum Gasteiger partial charge on any atom is -0.325 e. The molecule has 0 saturated carbocycles. The van der Waals surface area contributed by atoms with Crippen LogP contribution in [0.3, 0.4) is 0 Å². The number of rotatable bonds is 8. The Labute approximate surface area is 166 Å². The predicted octanol–water partition coefficient (Wildman–Crippen LogP) is 3.12. The molecule has 2 rings (SSSR count). The lowest BCUT2D eigenvalue weighted by molar-refractivity contribution is -0.121. The van der Waals surface area contributed by atoms with E-state index in [1.165, 1.54) is 0 Å². The lowest BCUT2D eigenvalue weighted by Gasteiger charge is -2.25. The molecule has 0 heterocycles. The van der Waals surface area contributed by atoms with Gasteiger partial charge in [0, 0.05) is 17.9 Å². The minimum atomic E-state index is -0.174. The summed E-state index contributed by atoms with van der Waals surface area (Å²) in [6.45, 7) is 4.46. The van der Waals surface area contributed by atoms with E-state index in [4.69, 9.17) is 5.26 Å². The van der Waals surface area contributed by atoms with Gasteiger partial charge < -0.3 is 10.2 Å². The van der Waals surface area contributed by atoms with Crippen LogP contribution in [0, 0.1) is 25.2 Å². The van der Waals surface area contributed by atoms with Crippen molar-refractivity contribution in [3.05, 3.63) is 59.7 Å². The number of nitrogens with zero attached hydrogens (tertiary/aromatic N) is 3. The molecule has 0 aromatic heterocycles.